The van der Waals surface area contributed by atoms with Gasteiger partial charge in [0.15, 0.2) is 5.82 Å². The standard InChI is InChI=1S/C14H11F3N2O2S/c1-7-9(3-11(22-7)13(20)21)12-10(15)2-8(4-18-12)19-5-14(16,17)6-19/h2-4H,5-6H2,1H3,(H,20,21). The number of hydrogen-bond donors (Lipinski definition) is 1. The first-order valence-corrected chi connectivity index (χ1v) is 7.21. The average molecular weight is 328 g/mol. The monoisotopic (exact) mass is 328 g/mol. The Bertz CT molecular complexity index is 753. The molecule has 1 saturated heterocycles. The second-order valence-electron chi connectivity index (χ2n) is 5.12. The first-order chi connectivity index (χ1) is 10.3. The number of nitrogens with zero attached hydrogens (tertiary/aromatic N) is 2. The number of aryl methyl sites for hydroxylation is 1. The van der Waals surface area contributed by atoms with Crippen molar-refractivity contribution in [3.05, 3.63) is 33.9 Å². The average Bonchev–Trinajstić information content (AvgIpc) is 2.78. The normalized spacial score (nSPS) is 16.5. The maximum absolute atomic E-state index is 14.2. The van der Waals surface area contributed by atoms with E-state index in [1.54, 1.807) is 6.92 Å². The number of thiophene rings is 1. The molecule has 0 unspecified atom stereocenters. The molecule has 1 N–H and O–H groups in total. The molecule has 1 fully saturated rings. The van der Waals surface area contributed by atoms with E-state index in [0.717, 1.165) is 17.4 Å². The first kappa shape index (κ1) is 14.8. The van der Waals surface area contributed by atoms with Gasteiger partial charge in [-0.3, -0.25) is 4.98 Å². The molecule has 116 valence electrons. The third-order valence-corrected chi connectivity index (χ3v) is 4.46. The summed E-state index contributed by atoms with van der Waals surface area (Å²) in [6, 6.07) is 2.51. The van der Waals surface area contributed by atoms with Gasteiger partial charge in [-0.2, -0.15) is 0 Å². The fraction of sp³-hybridized carbons (Fsp3) is 0.286. The molecule has 1 aliphatic heterocycles. The molecule has 0 radical (unpaired) electrons. The van der Waals surface area contributed by atoms with Crippen molar-refractivity contribution in [2.75, 3.05) is 18.0 Å². The zero-order valence-corrected chi connectivity index (χ0v) is 12.3. The van der Waals surface area contributed by atoms with Crippen molar-refractivity contribution in [3.8, 4) is 11.3 Å². The fourth-order valence-electron chi connectivity index (χ4n) is 2.32. The van der Waals surface area contributed by atoms with Gasteiger partial charge in [0.05, 0.1) is 25.0 Å². The third kappa shape index (κ3) is 2.54. The number of pyridine rings is 1. The lowest BCUT2D eigenvalue weighted by molar-refractivity contribution is -0.0263. The van der Waals surface area contributed by atoms with Crippen LogP contribution < -0.4 is 4.90 Å². The Morgan fingerprint density at radius 3 is 2.59 bits per heavy atom. The van der Waals surface area contributed by atoms with Crippen LogP contribution in [0.15, 0.2) is 18.3 Å². The highest BCUT2D eigenvalue weighted by Crippen LogP contribution is 2.35. The number of alkyl halides is 2. The van der Waals surface area contributed by atoms with E-state index in [9.17, 15) is 18.0 Å². The summed E-state index contributed by atoms with van der Waals surface area (Å²) in [6.07, 6.45) is 1.32. The summed E-state index contributed by atoms with van der Waals surface area (Å²) < 4.78 is 39.9. The largest absolute Gasteiger partial charge is 0.477 e. The molecule has 3 rings (SSSR count). The summed E-state index contributed by atoms with van der Waals surface area (Å²) in [4.78, 5) is 17.0. The van der Waals surface area contributed by atoms with Crippen molar-refractivity contribution in [2.24, 2.45) is 0 Å². The van der Waals surface area contributed by atoms with Gasteiger partial charge in [0.1, 0.15) is 10.6 Å². The van der Waals surface area contributed by atoms with Crippen LogP contribution in [0.25, 0.3) is 11.3 Å². The van der Waals surface area contributed by atoms with Crippen LogP contribution in [0.4, 0.5) is 18.9 Å². The van der Waals surface area contributed by atoms with Gasteiger partial charge in [-0.05, 0) is 13.0 Å². The van der Waals surface area contributed by atoms with Gasteiger partial charge in [-0.1, -0.05) is 0 Å². The van der Waals surface area contributed by atoms with Gasteiger partial charge in [0.25, 0.3) is 5.92 Å². The number of hydrogen-bond acceptors (Lipinski definition) is 4. The summed E-state index contributed by atoms with van der Waals surface area (Å²) in [5, 5.41) is 8.96. The molecule has 3 heterocycles. The first-order valence-electron chi connectivity index (χ1n) is 6.39. The number of rotatable bonds is 3. The van der Waals surface area contributed by atoms with E-state index >= 15 is 0 Å². The highest BCUT2D eigenvalue weighted by molar-refractivity contribution is 7.14. The fourth-order valence-corrected chi connectivity index (χ4v) is 3.18. The molecular weight excluding hydrogens is 317 g/mol. The molecule has 8 heteroatoms. The van der Waals surface area contributed by atoms with Crippen LogP contribution in [0.5, 0.6) is 0 Å². The van der Waals surface area contributed by atoms with Gasteiger partial charge < -0.3 is 10.0 Å². The number of carboxylic acid groups (broad SMARTS) is 1. The van der Waals surface area contributed by atoms with Crippen molar-refractivity contribution in [1.82, 2.24) is 4.98 Å². The van der Waals surface area contributed by atoms with Crippen molar-refractivity contribution in [1.29, 1.82) is 0 Å². The maximum Gasteiger partial charge on any atom is 0.345 e. The lowest BCUT2D eigenvalue weighted by Crippen LogP contribution is -2.56. The molecule has 0 amide bonds. The van der Waals surface area contributed by atoms with E-state index in [4.69, 9.17) is 5.11 Å². The SMILES string of the molecule is Cc1sc(C(=O)O)cc1-c1ncc(N2CC(F)(F)C2)cc1F. The molecule has 0 aliphatic carbocycles. The molecule has 0 aromatic carbocycles. The molecule has 0 bridgehead atoms. The van der Waals surface area contributed by atoms with Gasteiger partial charge in [-0.15, -0.1) is 11.3 Å². The van der Waals surface area contributed by atoms with Crippen LogP contribution in [0.3, 0.4) is 0 Å². The van der Waals surface area contributed by atoms with E-state index in [1.807, 2.05) is 0 Å². The van der Waals surface area contributed by atoms with E-state index in [0.29, 0.717) is 16.1 Å². The molecule has 0 atom stereocenters. The zero-order chi connectivity index (χ0) is 16.1. The topological polar surface area (TPSA) is 53.4 Å². The van der Waals surface area contributed by atoms with Gasteiger partial charge >= 0.3 is 5.97 Å². The van der Waals surface area contributed by atoms with Crippen molar-refractivity contribution in [2.45, 2.75) is 12.8 Å². The molecule has 2 aromatic rings. The number of carboxylic acids is 1. The minimum Gasteiger partial charge on any atom is -0.477 e. The van der Waals surface area contributed by atoms with Crippen molar-refractivity contribution >= 4 is 23.0 Å². The van der Waals surface area contributed by atoms with E-state index in [1.165, 1.54) is 17.2 Å². The van der Waals surface area contributed by atoms with E-state index in [2.05, 4.69) is 4.98 Å². The van der Waals surface area contributed by atoms with Crippen LogP contribution in [-0.4, -0.2) is 35.1 Å². The minimum absolute atomic E-state index is 0.0253. The molecular formula is C14H11F3N2O2S. The summed E-state index contributed by atoms with van der Waals surface area (Å²) in [6.45, 7) is 0.777. The van der Waals surface area contributed by atoms with Gasteiger partial charge in [0, 0.05) is 16.5 Å². The Hall–Kier alpha value is -2.09. The van der Waals surface area contributed by atoms with Gasteiger partial charge in [-0.25, -0.2) is 18.0 Å². The summed E-state index contributed by atoms with van der Waals surface area (Å²) >= 11 is 1.04. The van der Waals surface area contributed by atoms with Crippen LogP contribution >= 0.6 is 11.3 Å². The lowest BCUT2D eigenvalue weighted by atomic mass is 10.1. The van der Waals surface area contributed by atoms with Crippen molar-refractivity contribution in [3.63, 3.8) is 0 Å². The molecule has 2 aromatic heterocycles. The Morgan fingerprint density at radius 2 is 2.09 bits per heavy atom. The van der Waals surface area contributed by atoms with Crippen molar-refractivity contribution < 1.29 is 23.1 Å². The Balaban J connectivity index is 1.91. The van der Waals surface area contributed by atoms with E-state index < -0.39 is 30.8 Å². The number of halogens is 3. The number of aromatic carboxylic acids is 1. The molecule has 1 aliphatic rings. The second kappa shape index (κ2) is 4.98. The number of aromatic nitrogens is 1. The second-order valence-corrected chi connectivity index (χ2v) is 6.38. The molecule has 22 heavy (non-hydrogen) atoms. The highest BCUT2D eigenvalue weighted by atomic mass is 32.1. The number of carbonyl (C=O) groups is 1. The lowest BCUT2D eigenvalue weighted by Gasteiger charge is -2.40. The van der Waals surface area contributed by atoms with Crippen LogP contribution in [-0.2, 0) is 0 Å². The number of anilines is 1. The third-order valence-electron chi connectivity index (χ3n) is 3.42. The Morgan fingerprint density at radius 1 is 1.41 bits per heavy atom. The molecule has 0 saturated carbocycles. The molecule has 4 nitrogen and oxygen atoms in total. The summed E-state index contributed by atoms with van der Waals surface area (Å²) in [5.74, 6) is -4.49. The Kier molecular flexibility index (Phi) is 3.36. The zero-order valence-electron chi connectivity index (χ0n) is 11.4. The smallest absolute Gasteiger partial charge is 0.345 e. The highest BCUT2D eigenvalue weighted by Gasteiger charge is 2.44. The Labute approximate surface area is 127 Å². The maximum atomic E-state index is 14.2. The predicted molar refractivity (Wildman–Crippen MR) is 76.4 cm³/mol. The minimum atomic E-state index is -2.74. The van der Waals surface area contributed by atoms with Gasteiger partial charge in [0.2, 0.25) is 0 Å². The van der Waals surface area contributed by atoms with Crippen LogP contribution in [0.2, 0.25) is 0 Å². The quantitative estimate of drug-likeness (QED) is 0.938. The predicted octanol–water partition coefficient (Wildman–Crippen LogP) is 3.41. The van der Waals surface area contributed by atoms with Crippen LogP contribution in [0, 0.1) is 12.7 Å². The summed E-state index contributed by atoms with van der Waals surface area (Å²) in [5.41, 5.74) is 0.719. The summed E-state index contributed by atoms with van der Waals surface area (Å²) in [7, 11) is 0. The molecule has 0 spiro atoms. The van der Waals surface area contributed by atoms with Crippen LogP contribution in [0.1, 0.15) is 14.5 Å². The van der Waals surface area contributed by atoms with E-state index in [-0.39, 0.29) is 10.6 Å².